The molecule has 0 bridgehead atoms. The van der Waals surface area contributed by atoms with Crippen molar-refractivity contribution in [1.29, 1.82) is 0 Å². The van der Waals surface area contributed by atoms with Gasteiger partial charge in [0.05, 0.1) is 18.2 Å². The highest BCUT2D eigenvalue weighted by Crippen LogP contribution is 2.30. The van der Waals surface area contributed by atoms with Crippen molar-refractivity contribution < 1.29 is 9.53 Å². The van der Waals surface area contributed by atoms with Gasteiger partial charge in [0.2, 0.25) is 0 Å². The molecule has 3 aromatic rings. The number of methoxy groups -OCH3 is 1. The molecule has 1 N–H and O–H groups in total. The molecule has 0 saturated heterocycles. The lowest BCUT2D eigenvalue weighted by Gasteiger charge is -2.13. The molecule has 4 heteroatoms. The Labute approximate surface area is 141 Å². The minimum absolute atomic E-state index is 0.336. The fourth-order valence-electron chi connectivity index (χ4n) is 2.74. The molecule has 3 rings (SSSR count). The summed E-state index contributed by atoms with van der Waals surface area (Å²) >= 11 is 0. The van der Waals surface area contributed by atoms with E-state index in [0.717, 1.165) is 22.3 Å². The van der Waals surface area contributed by atoms with Crippen molar-refractivity contribution in [2.45, 2.75) is 19.8 Å². The van der Waals surface area contributed by atoms with Crippen LogP contribution < -0.4 is 5.32 Å². The van der Waals surface area contributed by atoms with Crippen LogP contribution in [-0.2, 0) is 4.74 Å². The summed E-state index contributed by atoms with van der Waals surface area (Å²) in [5.41, 5.74) is 4.68. The van der Waals surface area contributed by atoms with E-state index in [2.05, 4.69) is 42.3 Å². The van der Waals surface area contributed by atoms with Crippen LogP contribution in [0.25, 0.3) is 10.9 Å². The molecule has 0 fully saturated rings. The number of aromatic nitrogens is 1. The third-order valence-electron chi connectivity index (χ3n) is 4.01. The van der Waals surface area contributed by atoms with E-state index in [4.69, 9.17) is 4.74 Å². The van der Waals surface area contributed by atoms with Crippen molar-refractivity contribution in [3.05, 3.63) is 65.9 Å². The Kier molecular flexibility index (Phi) is 4.47. The molecule has 0 amide bonds. The highest BCUT2D eigenvalue weighted by Gasteiger charge is 2.10. The molecule has 1 aromatic heterocycles. The SMILES string of the molecule is COC(=O)c1ccc(Nc2ccnc3c(C(C)C)cccc23)cc1. The Morgan fingerprint density at radius 2 is 1.83 bits per heavy atom. The quantitative estimate of drug-likeness (QED) is 0.695. The molecule has 4 nitrogen and oxygen atoms in total. The van der Waals surface area contributed by atoms with Gasteiger partial charge < -0.3 is 10.1 Å². The van der Waals surface area contributed by atoms with Gasteiger partial charge in [0.1, 0.15) is 0 Å². The van der Waals surface area contributed by atoms with Crippen molar-refractivity contribution in [1.82, 2.24) is 4.98 Å². The van der Waals surface area contributed by atoms with Crippen molar-refractivity contribution in [2.24, 2.45) is 0 Å². The number of carbonyl (C=O) groups excluding carboxylic acids is 1. The van der Waals surface area contributed by atoms with E-state index < -0.39 is 0 Å². The number of nitrogens with zero attached hydrogens (tertiary/aromatic N) is 1. The predicted octanol–water partition coefficient (Wildman–Crippen LogP) is 4.89. The summed E-state index contributed by atoms with van der Waals surface area (Å²) < 4.78 is 4.72. The molecule has 0 spiro atoms. The number of hydrogen-bond donors (Lipinski definition) is 1. The second kappa shape index (κ2) is 6.71. The predicted molar refractivity (Wildman–Crippen MR) is 96.9 cm³/mol. The van der Waals surface area contributed by atoms with E-state index in [-0.39, 0.29) is 5.97 Å². The lowest BCUT2D eigenvalue weighted by Crippen LogP contribution is -2.01. The number of ether oxygens (including phenoxy) is 1. The van der Waals surface area contributed by atoms with E-state index in [1.54, 1.807) is 12.1 Å². The van der Waals surface area contributed by atoms with Crippen LogP contribution in [0.2, 0.25) is 0 Å². The lowest BCUT2D eigenvalue weighted by molar-refractivity contribution is 0.0601. The van der Waals surface area contributed by atoms with Gasteiger partial charge in [-0.25, -0.2) is 4.79 Å². The van der Waals surface area contributed by atoms with Gasteiger partial charge in [-0.3, -0.25) is 4.98 Å². The number of anilines is 2. The van der Waals surface area contributed by atoms with E-state index >= 15 is 0 Å². The molecule has 1 heterocycles. The second-order valence-electron chi connectivity index (χ2n) is 5.95. The monoisotopic (exact) mass is 320 g/mol. The van der Waals surface area contributed by atoms with Gasteiger partial charge in [0, 0.05) is 23.0 Å². The Bertz CT molecular complexity index is 870. The number of para-hydroxylation sites is 1. The molecular weight excluding hydrogens is 300 g/mol. The summed E-state index contributed by atoms with van der Waals surface area (Å²) in [6.45, 7) is 4.34. The third-order valence-corrected chi connectivity index (χ3v) is 4.01. The fraction of sp³-hybridized carbons (Fsp3) is 0.200. The largest absolute Gasteiger partial charge is 0.465 e. The average molecular weight is 320 g/mol. The topological polar surface area (TPSA) is 51.2 Å². The molecule has 24 heavy (non-hydrogen) atoms. The number of nitrogens with one attached hydrogen (secondary N) is 1. The number of rotatable bonds is 4. The highest BCUT2D eigenvalue weighted by molar-refractivity contribution is 5.95. The molecule has 0 saturated carbocycles. The van der Waals surface area contributed by atoms with Crippen LogP contribution in [0.3, 0.4) is 0 Å². The van der Waals surface area contributed by atoms with Crippen LogP contribution in [0.1, 0.15) is 35.7 Å². The molecule has 2 aromatic carbocycles. The van der Waals surface area contributed by atoms with Crippen LogP contribution in [0.15, 0.2) is 54.7 Å². The molecule has 0 aliphatic carbocycles. The summed E-state index contributed by atoms with van der Waals surface area (Å²) in [5, 5.41) is 4.49. The number of benzene rings is 2. The molecule has 0 atom stereocenters. The van der Waals surface area contributed by atoms with Gasteiger partial charge in [0.25, 0.3) is 0 Å². The second-order valence-corrected chi connectivity index (χ2v) is 5.95. The first-order valence-electron chi connectivity index (χ1n) is 7.93. The minimum atomic E-state index is -0.336. The molecule has 0 unspecified atom stereocenters. The van der Waals surface area contributed by atoms with E-state index in [9.17, 15) is 4.79 Å². The van der Waals surface area contributed by atoms with Gasteiger partial charge in [-0.1, -0.05) is 32.0 Å². The maximum Gasteiger partial charge on any atom is 0.337 e. The first kappa shape index (κ1) is 16.0. The first-order valence-corrected chi connectivity index (χ1v) is 7.93. The van der Waals surface area contributed by atoms with Gasteiger partial charge in [-0.05, 0) is 41.8 Å². The van der Waals surface area contributed by atoms with Crippen LogP contribution in [-0.4, -0.2) is 18.1 Å². The number of pyridine rings is 1. The van der Waals surface area contributed by atoms with Crippen molar-refractivity contribution in [2.75, 3.05) is 12.4 Å². The van der Waals surface area contributed by atoms with Crippen molar-refractivity contribution in [3.8, 4) is 0 Å². The molecule has 122 valence electrons. The van der Waals surface area contributed by atoms with Crippen LogP contribution in [0.4, 0.5) is 11.4 Å². The number of fused-ring (bicyclic) bond motifs is 1. The highest BCUT2D eigenvalue weighted by atomic mass is 16.5. The smallest absolute Gasteiger partial charge is 0.337 e. The third kappa shape index (κ3) is 3.08. The Morgan fingerprint density at radius 3 is 2.50 bits per heavy atom. The minimum Gasteiger partial charge on any atom is -0.465 e. The molecular formula is C20H20N2O2. The molecule has 0 aliphatic heterocycles. The zero-order chi connectivity index (χ0) is 17.1. The first-order chi connectivity index (χ1) is 11.6. The standard InChI is InChI=1S/C20H20N2O2/c1-13(2)16-5-4-6-17-18(11-12-21-19(16)17)22-15-9-7-14(8-10-15)20(23)24-3/h4-13H,1-3H3,(H,21,22). The fourth-order valence-corrected chi connectivity index (χ4v) is 2.74. The summed E-state index contributed by atoms with van der Waals surface area (Å²) in [7, 11) is 1.38. The Morgan fingerprint density at radius 1 is 1.08 bits per heavy atom. The Hall–Kier alpha value is -2.88. The lowest BCUT2D eigenvalue weighted by atomic mass is 9.99. The molecule has 0 aliphatic rings. The number of hydrogen-bond acceptors (Lipinski definition) is 4. The average Bonchev–Trinajstić information content (AvgIpc) is 2.61. The number of carbonyl (C=O) groups is 1. The van der Waals surface area contributed by atoms with Gasteiger partial charge >= 0.3 is 5.97 Å². The maximum absolute atomic E-state index is 11.5. The van der Waals surface area contributed by atoms with E-state index in [1.165, 1.54) is 12.7 Å². The van der Waals surface area contributed by atoms with E-state index in [0.29, 0.717) is 11.5 Å². The Balaban J connectivity index is 1.96. The normalized spacial score (nSPS) is 10.8. The van der Waals surface area contributed by atoms with Crippen molar-refractivity contribution in [3.63, 3.8) is 0 Å². The summed E-state index contributed by atoms with van der Waals surface area (Å²) in [4.78, 5) is 16.1. The van der Waals surface area contributed by atoms with Gasteiger partial charge in [-0.2, -0.15) is 0 Å². The van der Waals surface area contributed by atoms with Gasteiger partial charge in [-0.15, -0.1) is 0 Å². The van der Waals surface area contributed by atoms with Crippen molar-refractivity contribution >= 4 is 28.2 Å². The van der Waals surface area contributed by atoms with Crippen LogP contribution in [0.5, 0.6) is 0 Å². The number of esters is 1. The van der Waals surface area contributed by atoms with Crippen LogP contribution >= 0.6 is 0 Å². The van der Waals surface area contributed by atoms with Gasteiger partial charge in [0.15, 0.2) is 0 Å². The summed E-state index contributed by atoms with van der Waals surface area (Å²) in [6.07, 6.45) is 1.82. The maximum atomic E-state index is 11.5. The zero-order valence-electron chi connectivity index (χ0n) is 14.0. The molecule has 0 radical (unpaired) electrons. The summed E-state index contributed by atoms with van der Waals surface area (Å²) in [5.74, 6) is 0.0771. The van der Waals surface area contributed by atoms with Crippen LogP contribution in [0, 0.1) is 0 Å². The van der Waals surface area contributed by atoms with E-state index in [1.807, 2.05) is 24.4 Å². The zero-order valence-corrected chi connectivity index (χ0v) is 14.0. The summed E-state index contributed by atoms with van der Waals surface area (Å²) in [6, 6.07) is 15.4.